The Kier molecular flexibility index (Phi) is 3.81. The molecule has 0 spiro atoms. The number of thioether (sulfide) groups is 1. The molecule has 3 nitrogen and oxygen atoms in total. The smallest absolute Gasteiger partial charge is 0.141 e. The monoisotopic (exact) mass is 252 g/mol. The number of nitrogens with two attached hydrogens (primary N) is 1. The summed E-state index contributed by atoms with van der Waals surface area (Å²) in [6.45, 7) is 0.572. The van der Waals surface area contributed by atoms with Crippen LogP contribution in [-0.2, 0) is 4.74 Å². The molecule has 90 valence electrons. The minimum atomic E-state index is -0.324. The molecular formula is C12H13FN2OS. The van der Waals surface area contributed by atoms with E-state index in [1.165, 1.54) is 17.8 Å². The largest absolute Gasteiger partial charge is 0.398 e. The minimum Gasteiger partial charge on any atom is -0.398 e. The van der Waals surface area contributed by atoms with Gasteiger partial charge >= 0.3 is 0 Å². The molecule has 0 saturated heterocycles. The van der Waals surface area contributed by atoms with Crippen LogP contribution in [0.25, 0.3) is 10.9 Å². The van der Waals surface area contributed by atoms with Crippen molar-refractivity contribution in [3.8, 4) is 0 Å². The molecule has 0 atom stereocenters. The maximum atomic E-state index is 13.8. The summed E-state index contributed by atoms with van der Waals surface area (Å²) in [5.74, 6) is 0.359. The van der Waals surface area contributed by atoms with Crippen LogP contribution in [-0.4, -0.2) is 24.5 Å². The minimum absolute atomic E-state index is 0.324. The summed E-state index contributed by atoms with van der Waals surface area (Å²) < 4.78 is 18.8. The number of ether oxygens (including phenoxy) is 1. The van der Waals surface area contributed by atoms with E-state index in [4.69, 9.17) is 10.5 Å². The molecule has 2 aromatic rings. The summed E-state index contributed by atoms with van der Waals surface area (Å²) in [5.41, 5.74) is 6.80. The SMILES string of the molecule is COCCSc1c(F)cc(N)c2cccnc12. The van der Waals surface area contributed by atoms with Crippen molar-refractivity contribution in [2.45, 2.75) is 4.90 Å². The first kappa shape index (κ1) is 12.1. The van der Waals surface area contributed by atoms with Gasteiger partial charge in [0.1, 0.15) is 5.82 Å². The van der Waals surface area contributed by atoms with Crippen LogP contribution in [0.2, 0.25) is 0 Å². The lowest BCUT2D eigenvalue weighted by atomic mass is 10.2. The van der Waals surface area contributed by atoms with Gasteiger partial charge in [0.05, 0.1) is 17.0 Å². The average molecular weight is 252 g/mol. The molecule has 0 amide bonds. The lowest BCUT2D eigenvalue weighted by Crippen LogP contribution is -1.97. The van der Waals surface area contributed by atoms with Gasteiger partial charge in [-0.3, -0.25) is 4.98 Å². The number of rotatable bonds is 4. The third-order valence-electron chi connectivity index (χ3n) is 2.37. The Morgan fingerprint density at radius 1 is 1.53 bits per heavy atom. The summed E-state index contributed by atoms with van der Waals surface area (Å²) in [6, 6.07) is 4.98. The Bertz CT molecular complexity index is 533. The Labute approximate surface area is 103 Å². The van der Waals surface area contributed by atoms with Crippen molar-refractivity contribution in [1.82, 2.24) is 4.98 Å². The van der Waals surface area contributed by atoms with Gasteiger partial charge in [-0.05, 0) is 18.2 Å². The number of benzene rings is 1. The van der Waals surface area contributed by atoms with Gasteiger partial charge in [-0.2, -0.15) is 0 Å². The van der Waals surface area contributed by atoms with Crippen LogP contribution in [0, 0.1) is 5.82 Å². The molecule has 0 saturated carbocycles. The predicted molar refractivity (Wildman–Crippen MR) is 68.7 cm³/mol. The first-order valence-corrected chi connectivity index (χ1v) is 6.17. The maximum absolute atomic E-state index is 13.8. The molecule has 5 heteroatoms. The van der Waals surface area contributed by atoms with Crippen LogP contribution < -0.4 is 5.73 Å². The Balaban J connectivity index is 2.46. The number of pyridine rings is 1. The van der Waals surface area contributed by atoms with Gasteiger partial charge in [0.25, 0.3) is 0 Å². The quantitative estimate of drug-likeness (QED) is 0.516. The third-order valence-corrected chi connectivity index (χ3v) is 3.41. The van der Waals surface area contributed by atoms with Crippen LogP contribution in [0.5, 0.6) is 0 Å². The molecule has 1 aromatic carbocycles. The fraction of sp³-hybridized carbons (Fsp3) is 0.250. The average Bonchev–Trinajstić information content (AvgIpc) is 2.33. The third kappa shape index (κ3) is 2.50. The summed E-state index contributed by atoms with van der Waals surface area (Å²) in [5, 5.41) is 0.786. The van der Waals surface area contributed by atoms with E-state index in [9.17, 15) is 4.39 Å². The van der Waals surface area contributed by atoms with Crippen molar-refractivity contribution in [2.24, 2.45) is 0 Å². The number of hydrogen-bond acceptors (Lipinski definition) is 4. The van der Waals surface area contributed by atoms with Crippen molar-refractivity contribution in [3.05, 3.63) is 30.2 Å². The van der Waals surface area contributed by atoms with Gasteiger partial charge in [0.2, 0.25) is 0 Å². The Morgan fingerprint density at radius 3 is 3.12 bits per heavy atom. The van der Waals surface area contributed by atoms with Gasteiger partial charge in [0, 0.05) is 30.1 Å². The predicted octanol–water partition coefficient (Wildman–Crippen LogP) is 2.69. The summed E-state index contributed by atoms with van der Waals surface area (Å²) in [7, 11) is 1.62. The van der Waals surface area contributed by atoms with E-state index >= 15 is 0 Å². The van der Waals surface area contributed by atoms with E-state index < -0.39 is 0 Å². The highest BCUT2D eigenvalue weighted by Crippen LogP contribution is 2.32. The highest BCUT2D eigenvalue weighted by molar-refractivity contribution is 7.99. The molecule has 0 unspecified atom stereocenters. The summed E-state index contributed by atoms with van der Waals surface area (Å²) in [6.07, 6.45) is 1.64. The van der Waals surface area contributed by atoms with Gasteiger partial charge in [-0.25, -0.2) is 4.39 Å². The zero-order valence-corrected chi connectivity index (χ0v) is 10.3. The van der Waals surface area contributed by atoms with Gasteiger partial charge in [0.15, 0.2) is 0 Å². The number of hydrogen-bond donors (Lipinski definition) is 1. The standard InChI is InChI=1S/C12H13FN2OS/c1-16-5-6-17-12-9(13)7-10(14)8-3-2-4-15-11(8)12/h2-4,7H,5-6,14H2,1H3. The van der Waals surface area contributed by atoms with Crippen LogP contribution in [0.3, 0.4) is 0 Å². The molecule has 1 heterocycles. The van der Waals surface area contributed by atoms with E-state index in [1.807, 2.05) is 6.07 Å². The fourth-order valence-electron chi connectivity index (χ4n) is 1.58. The topological polar surface area (TPSA) is 48.1 Å². The Morgan fingerprint density at radius 2 is 2.35 bits per heavy atom. The normalized spacial score (nSPS) is 10.9. The Hall–Kier alpha value is -1.33. The number of fused-ring (bicyclic) bond motifs is 1. The fourth-order valence-corrected chi connectivity index (χ4v) is 2.53. The second-order valence-corrected chi connectivity index (χ2v) is 4.62. The van der Waals surface area contributed by atoms with Gasteiger partial charge in [-0.15, -0.1) is 11.8 Å². The van der Waals surface area contributed by atoms with Crippen molar-refractivity contribution in [1.29, 1.82) is 0 Å². The molecule has 0 aliphatic heterocycles. The lowest BCUT2D eigenvalue weighted by molar-refractivity contribution is 0.218. The van der Waals surface area contributed by atoms with Gasteiger partial charge in [-0.1, -0.05) is 0 Å². The van der Waals surface area contributed by atoms with E-state index in [0.29, 0.717) is 28.5 Å². The van der Waals surface area contributed by atoms with E-state index in [-0.39, 0.29) is 5.82 Å². The van der Waals surface area contributed by atoms with E-state index in [0.717, 1.165) is 5.39 Å². The molecule has 1 aromatic heterocycles. The molecule has 0 radical (unpaired) electrons. The van der Waals surface area contributed by atoms with Crippen molar-refractivity contribution in [3.63, 3.8) is 0 Å². The van der Waals surface area contributed by atoms with Crippen LogP contribution in [0.1, 0.15) is 0 Å². The second kappa shape index (κ2) is 5.33. The first-order chi connectivity index (χ1) is 8.24. The zero-order valence-electron chi connectivity index (χ0n) is 9.44. The van der Waals surface area contributed by atoms with Crippen LogP contribution in [0.4, 0.5) is 10.1 Å². The maximum Gasteiger partial charge on any atom is 0.141 e. The molecule has 17 heavy (non-hydrogen) atoms. The van der Waals surface area contributed by atoms with Crippen molar-refractivity contribution in [2.75, 3.05) is 25.2 Å². The molecular weight excluding hydrogens is 239 g/mol. The highest BCUT2D eigenvalue weighted by atomic mass is 32.2. The molecule has 0 aliphatic carbocycles. The molecule has 0 bridgehead atoms. The van der Waals surface area contributed by atoms with Crippen molar-refractivity contribution >= 4 is 28.4 Å². The van der Waals surface area contributed by atoms with E-state index in [1.54, 1.807) is 19.4 Å². The number of nitrogens with zero attached hydrogens (tertiary/aromatic N) is 1. The number of halogens is 1. The number of nitrogen functional groups attached to an aromatic ring is 1. The van der Waals surface area contributed by atoms with Gasteiger partial charge < -0.3 is 10.5 Å². The summed E-state index contributed by atoms with van der Waals surface area (Å²) in [4.78, 5) is 4.73. The number of aromatic nitrogens is 1. The lowest BCUT2D eigenvalue weighted by Gasteiger charge is -2.08. The molecule has 2 rings (SSSR count). The molecule has 0 aliphatic rings. The number of anilines is 1. The van der Waals surface area contributed by atoms with Crippen molar-refractivity contribution < 1.29 is 9.13 Å². The highest BCUT2D eigenvalue weighted by Gasteiger charge is 2.11. The second-order valence-electron chi connectivity index (χ2n) is 3.52. The summed E-state index contributed by atoms with van der Waals surface area (Å²) >= 11 is 1.39. The van der Waals surface area contributed by atoms with Crippen LogP contribution >= 0.6 is 11.8 Å². The first-order valence-electron chi connectivity index (χ1n) is 5.18. The number of methoxy groups -OCH3 is 1. The van der Waals surface area contributed by atoms with E-state index in [2.05, 4.69) is 4.98 Å². The molecule has 2 N–H and O–H groups in total. The van der Waals surface area contributed by atoms with Crippen LogP contribution in [0.15, 0.2) is 29.3 Å². The zero-order chi connectivity index (χ0) is 12.3. The molecule has 0 fully saturated rings.